The van der Waals surface area contributed by atoms with Gasteiger partial charge in [0.2, 0.25) is 12.2 Å². The van der Waals surface area contributed by atoms with Crippen molar-refractivity contribution in [2.24, 2.45) is 10.7 Å². The van der Waals surface area contributed by atoms with Crippen LogP contribution in [-0.2, 0) is 30.5 Å². The van der Waals surface area contributed by atoms with Crippen LogP contribution in [0.1, 0.15) is 23.1 Å². The summed E-state index contributed by atoms with van der Waals surface area (Å²) in [5.74, 6) is -1.46. The van der Waals surface area contributed by atoms with Gasteiger partial charge in [-0.3, -0.25) is 24.3 Å². The molecule has 3 aromatic carbocycles. The maximum absolute atomic E-state index is 13.2. The van der Waals surface area contributed by atoms with Crippen LogP contribution in [0.5, 0.6) is 0 Å². The molecule has 3 N–H and O–H groups in total. The highest BCUT2D eigenvalue weighted by Crippen LogP contribution is 2.28. The van der Waals surface area contributed by atoms with Crippen molar-refractivity contribution < 1.29 is 23.9 Å². The average molecular weight is 499 g/mol. The average Bonchev–Trinajstić information content (AvgIpc) is 3.23. The minimum absolute atomic E-state index is 0.0312. The zero-order valence-electron chi connectivity index (χ0n) is 19.9. The molecule has 37 heavy (non-hydrogen) atoms. The van der Waals surface area contributed by atoms with Crippen LogP contribution in [0.15, 0.2) is 89.9 Å². The Kier molecular flexibility index (Phi) is 7.07. The Balaban J connectivity index is 1.33. The number of para-hydroxylation sites is 1. The molecule has 0 aromatic heterocycles. The zero-order chi connectivity index (χ0) is 25.8. The number of rotatable bonds is 7. The smallest absolute Gasteiger partial charge is 0.310 e. The van der Waals surface area contributed by atoms with Crippen LogP contribution < -0.4 is 16.0 Å². The summed E-state index contributed by atoms with van der Waals surface area (Å²) in [4.78, 5) is 44.1. The maximum Gasteiger partial charge on any atom is 0.310 e. The second-order valence-corrected chi connectivity index (χ2v) is 8.76. The fourth-order valence-electron chi connectivity index (χ4n) is 4.39. The highest BCUT2D eigenvalue weighted by atomic mass is 16.7. The summed E-state index contributed by atoms with van der Waals surface area (Å²) in [5.41, 5.74) is 9.65. The monoisotopic (exact) mass is 498 g/mol. The van der Waals surface area contributed by atoms with E-state index < -0.39 is 36.3 Å². The number of benzene rings is 3. The highest BCUT2D eigenvalue weighted by Gasteiger charge is 2.38. The topological polar surface area (TPSA) is 123 Å². The lowest BCUT2D eigenvalue weighted by Gasteiger charge is -2.25. The predicted octanol–water partition coefficient (Wildman–Crippen LogP) is 2.13. The van der Waals surface area contributed by atoms with Crippen molar-refractivity contribution >= 4 is 29.2 Å². The Bertz CT molecular complexity index is 1330. The van der Waals surface area contributed by atoms with Crippen LogP contribution in [0, 0.1) is 0 Å². The molecule has 3 aromatic rings. The lowest BCUT2D eigenvalue weighted by Crippen LogP contribution is -2.50. The number of benzodiazepines with no additional fused rings is 1. The number of nitrogens with zero attached hydrogens (tertiary/aromatic N) is 2. The summed E-state index contributed by atoms with van der Waals surface area (Å²) in [6, 6.07) is 25.4. The number of carbonyl (C=O) groups excluding carboxylic acids is 3. The summed E-state index contributed by atoms with van der Waals surface area (Å²) in [6.07, 6.45) is -2.15. The van der Waals surface area contributed by atoms with E-state index in [1.165, 1.54) is 4.90 Å². The minimum atomic E-state index is -1.19. The van der Waals surface area contributed by atoms with Gasteiger partial charge in [0.1, 0.15) is 12.6 Å². The molecule has 3 atom stereocenters. The molecule has 0 bridgehead atoms. The Morgan fingerprint density at radius 3 is 2.43 bits per heavy atom. The third-order valence-electron chi connectivity index (χ3n) is 6.15. The van der Waals surface area contributed by atoms with Gasteiger partial charge in [0.05, 0.1) is 24.4 Å². The molecule has 188 valence electrons. The molecule has 0 spiro atoms. The number of esters is 1. The van der Waals surface area contributed by atoms with E-state index in [0.717, 1.165) is 11.1 Å². The standard InChI is InChI=1S/C28H26N4O5/c29-26-27(35)32(22-14-8-7-13-20(22)25(31-26)19-11-5-2-6-12-19)16-23(33)30-21-15-24(34)37-28(21)36-17-18-9-3-1-4-10-18/h1-14,21,26,28H,15-17,29H2,(H,30,33)/t21-,26?,28?/m0/s1. The van der Waals surface area contributed by atoms with Gasteiger partial charge in [0.15, 0.2) is 6.17 Å². The Hall–Kier alpha value is -4.34. The molecule has 2 unspecified atom stereocenters. The number of amides is 2. The first-order valence-corrected chi connectivity index (χ1v) is 11.9. The summed E-state index contributed by atoms with van der Waals surface area (Å²) < 4.78 is 11.0. The molecule has 2 aliphatic rings. The van der Waals surface area contributed by atoms with Gasteiger partial charge in [-0.1, -0.05) is 78.9 Å². The maximum atomic E-state index is 13.2. The predicted molar refractivity (Wildman–Crippen MR) is 137 cm³/mol. The lowest BCUT2D eigenvalue weighted by atomic mass is 10.0. The summed E-state index contributed by atoms with van der Waals surface area (Å²) in [7, 11) is 0. The number of nitrogens with two attached hydrogens (primary N) is 1. The van der Waals surface area contributed by atoms with E-state index in [4.69, 9.17) is 15.2 Å². The minimum Gasteiger partial charge on any atom is -0.433 e. The first-order valence-electron chi connectivity index (χ1n) is 11.9. The summed E-state index contributed by atoms with van der Waals surface area (Å²) in [6.45, 7) is -0.0885. The quantitative estimate of drug-likeness (QED) is 0.481. The molecule has 2 heterocycles. The van der Waals surface area contributed by atoms with E-state index >= 15 is 0 Å². The van der Waals surface area contributed by atoms with Crippen LogP contribution >= 0.6 is 0 Å². The molecule has 5 rings (SSSR count). The number of cyclic esters (lactones) is 1. The number of hydrogen-bond donors (Lipinski definition) is 2. The Morgan fingerprint density at radius 2 is 1.68 bits per heavy atom. The van der Waals surface area contributed by atoms with Gasteiger partial charge in [-0.2, -0.15) is 0 Å². The summed E-state index contributed by atoms with van der Waals surface area (Å²) in [5, 5.41) is 2.79. The second kappa shape index (κ2) is 10.7. The Morgan fingerprint density at radius 1 is 1.00 bits per heavy atom. The van der Waals surface area contributed by atoms with Gasteiger partial charge in [0, 0.05) is 11.1 Å². The van der Waals surface area contributed by atoms with Crippen molar-refractivity contribution in [3.63, 3.8) is 0 Å². The zero-order valence-corrected chi connectivity index (χ0v) is 19.9. The number of ether oxygens (including phenoxy) is 2. The normalized spacial score (nSPS) is 21.1. The lowest BCUT2D eigenvalue weighted by molar-refractivity contribution is -0.168. The van der Waals surface area contributed by atoms with Gasteiger partial charge in [-0.25, -0.2) is 0 Å². The van der Waals surface area contributed by atoms with E-state index in [2.05, 4.69) is 10.3 Å². The van der Waals surface area contributed by atoms with Crippen LogP contribution in [-0.4, -0.2) is 48.5 Å². The van der Waals surface area contributed by atoms with Crippen molar-refractivity contribution in [3.05, 3.63) is 102 Å². The fraction of sp³-hybridized carbons (Fsp3) is 0.214. The Labute approximate surface area is 213 Å². The van der Waals surface area contributed by atoms with Crippen molar-refractivity contribution in [1.82, 2.24) is 5.32 Å². The SMILES string of the molecule is NC1N=C(c2ccccc2)c2ccccc2N(CC(=O)N[C@H]2CC(=O)OC2OCc2ccccc2)C1=O. The molecule has 0 radical (unpaired) electrons. The van der Waals surface area contributed by atoms with E-state index in [1.807, 2.05) is 72.8 Å². The number of anilines is 1. The molecular formula is C28H26N4O5. The number of carbonyl (C=O) groups is 3. The molecule has 9 nitrogen and oxygen atoms in total. The van der Waals surface area contributed by atoms with Gasteiger partial charge >= 0.3 is 5.97 Å². The van der Waals surface area contributed by atoms with Gasteiger partial charge in [-0.05, 0) is 11.6 Å². The highest BCUT2D eigenvalue weighted by molar-refractivity contribution is 6.20. The van der Waals surface area contributed by atoms with Gasteiger partial charge < -0.3 is 20.5 Å². The number of aliphatic imine (C=N–C) groups is 1. The first-order chi connectivity index (χ1) is 18.0. The third kappa shape index (κ3) is 5.42. The van der Waals surface area contributed by atoms with Crippen LogP contribution in [0.25, 0.3) is 0 Å². The number of hydrogen-bond acceptors (Lipinski definition) is 7. The van der Waals surface area contributed by atoms with Crippen molar-refractivity contribution in [3.8, 4) is 0 Å². The second-order valence-electron chi connectivity index (χ2n) is 8.76. The van der Waals surface area contributed by atoms with E-state index in [1.54, 1.807) is 12.1 Å². The van der Waals surface area contributed by atoms with E-state index in [0.29, 0.717) is 17.0 Å². The van der Waals surface area contributed by atoms with Crippen molar-refractivity contribution in [2.45, 2.75) is 31.5 Å². The van der Waals surface area contributed by atoms with Gasteiger partial charge in [0.25, 0.3) is 5.91 Å². The molecule has 2 aliphatic heterocycles. The molecule has 0 aliphatic carbocycles. The van der Waals surface area contributed by atoms with E-state index in [9.17, 15) is 14.4 Å². The molecule has 2 amide bonds. The summed E-state index contributed by atoms with van der Waals surface area (Å²) >= 11 is 0. The fourth-order valence-corrected chi connectivity index (χ4v) is 4.39. The molecule has 9 heteroatoms. The number of nitrogens with one attached hydrogen (secondary N) is 1. The van der Waals surface area contributed by atoms with Crippen LogP contribution in [0.4, 0.5) is 5.69 Å². The van der Waals surface area contributed by atoms with Crippen LogP contribution in [0.3, 0.4) is 0 Å². The molecule has 1 fully saturated rings. The van der Waals surface area contributed by atoms with Crippen molar-refractivity contribution in [2.75, 3.05) is 11.4 Å². The van der Waals surface area contributed by atoms with Crippen molar-refractivity contribution in [1.29, 1.82) is 0 Å². The third-order valence-corrected chi connectivity index (χ3v) is 6.15. The van der Waals surface area contributed by atoms with Gasteiger partial charge in [-0.15, -0.1) is 0 Å². The van der Waals surface area contributed by atoms with E-state index in [-0.39, 0.29) is 19.6 Å². The first kappa shape index (κ1) is 24.4. The molecular weight excluding hydrogens is 472 g/mol. The molecule has 0 saturated carbocycles. The molecule has 1 saturated heterocycles. The largest absolute Gasteiger partial charge is 0.433 e. The number of fused-ring (bicyclic) bond motifs is 1. The van der Waals surface area contributed by atoms with Crippen LogP contribution in [0.2, 0.25) is 0 Å².